The summed E-state index contributed by atoms with van der Waals surface area (Å²) in [4.78, 5) is 15.5. The van der Waals surface area contributed by atoms with E-state index in [9.17, 15) is 4.79 Å². The quantitative estimate of drug-likeness (QED) is 0.715. The second kappa shape index (κ2) is 4.73. The number of urea groups is 1. The fraction of sp³-hybridized carbons (Fsp3) is 0.615. The molecule has 2 amide bonds. The van der Waals surface area contributed by atoms with Gasteiger partial charge in [-0.15, -0.1) is 0 Å². The van der Waals surface area contributed by atoms with Gasteiger partial charge in [0.25, 0.3) is 0 Å². The molecule has 1 heterocycles. The number of carbonyl (C=O) groups is 1. The van der Waals surface area contributed by atoms with Gasteiger partial charge in [-0.2, -0.15) is 0 Å². The molecular formula is C13H20N2O. The number of rotatable bonds is 3. The van der Waals surface area contributed by atoms with Crippen LogP contribution in [0, 0.1) is 5.92 Å². The molecule has 16 heavy (non-hydrogen) atoms. The van der Waals surface area contributed by atoms with E-state index in [-0.39, 0.29) is 6.03 Å². The van der Waals surface area contributed by atoms with Crippen LogP contribution in [-0.2, 0) is 0 Å². The van der Waals surface area contributed by atoms with Gasteiger partial charge in [0.05, 0.1) is 0 Å². The zero-order chi connectivity index (χ0) is 11.5. The van der Waals surface area contributed by atoms with E-state index in [4.69, 9.17) is 0 Å². The summed E-state index contributed by atoms with van der Waals surface area (Å²) in [6.45, 7) is 4.76. The monoisotopic (exact) mass is 220 g/mol. The van der Waals surface area contributed by atoms with E-state index in [1.54, 1.807) is 4.90 Å². The van der Waals surface area contributed by atoms with Crippen LogP contribution in [0.4, 0.5) is 4.79 Å². The highest BCUT2D eigenvalue weighted by molar-refractivity contribution is 5.76. The first kappa shape index (κ1) is 11.2. The summed E-state index contributed by atoms with van der Waals surface area (Å²) in [7, 11) is 1.87. The predicted octanol–water partition coefficient (Wildman–Crippen LogP) is 2.27. The maximum absolute atomic E-state index is 11.8. The number of nitrogens with zero attached hydrogens (tertiary/aromatic N) is 2. The van der Waals surface area contributed by atoms with Crippen molar-refractivity contribution in [3.63, 3.8) is 0 Å². The number of likely N-dealkylation sites (N-methyl/N-ethyl adjacent to an activating group) is 1. The SMILES string of the molecule is CCC1CC=CC=C1CN1CCN(C)C1=O. The Kier molecular flexibility index (Phi) is 3.32. The summed E-state index contributed by atoms with van der Waals surface area (Å²) in [5.74, 6) is 0.628. The lowest BCUT2D eigenvalue weighted by Crippen LogP contribution is -2.32. The van der Waals surface area contributed by atoms with Crippen LogP contribution < -0.4 is 0 Å². The van der Waals surface area contributed by atoms with E-state index < -0.39 is 0 Å². The first-order valence-corrected chi connectivity index (χ1v) is 6.08. The van der Waals surface area contributed by atoms with Gasteiger partial charge in [-0.25, -0.2) is 4.79 Å². The molecule has 1 fully saturated rings. The first-order chi connectivity index (χ1) is 7.72. The standard InChI is InChI=1S/C13H20N2O/c1-3-11-6-4-5-7-12(11)10-15-9-8-14(2)13(15)16/h4-5,7,11H,3,6,8-10H2,1-2H3. The Morgan fingerprint density at radius 1 is 1.44 bits per heavy atom. The highest BCUT2D eigenvalue weighted by Crippen LogP contribution is 2.25. The maximum Gasteiger partial charge on any atom is 0.320 e. The molecule has 0 saturated carbocycles. The average molecular weight is 220 g/mol. The molecule has 2 aliphatic rings. The third kappa shape index (κ3) is 2.13. The van der Waals surface area contributed by atoms with Gasteiger partial charge in [-0.1, -0.05) is 25.2 Å². The molecule has 0 bridgehead atoms. The zero-order valence-electron chi connectivity index (χ0n) is 10.1. The van der Waals surface area contributed by atoms with Gasteiger partial charge in [-0.3, -0.25) is 0 Å². The Morgan fingerprint density at radius 3 is 2.88 bits per heavy atom. The van der Waals surface area contributed by atoms with Gasteiger partial charge in [0.2, 0.25) is 0 Å². The molecule has 3 heteroatoms. The summed E-state index contributed by atoms with van der Waals surface area (Å²) in [6, 6.07) is 0.172. The fourth-order valence-corrected chi connectivity index (χ4v) is 2.40. The van der Waals surface area contributed by atoms with Crippen LogP contribution >= 0.6 is 0 Å². The molecule has 88 valence electrons. The smallest absolute Gasteiger partial charge is 0.320 e. The Labute approximate surface area is 97.4 Å². The second-order valence-corrected chi connectivity index (χ2v) is 4.64. The van der Waals surface area contributed by atoms with E-state index in [1.165, 1.54) is 5.57 Å². The normalized spacial score (nSPS) is 25.2. The molecule has 0 aromatic heterocycles. The summed E-state index contributed by atoms with van der Waals surface area (Å²) in [6.07, 6.45) is 8.80. The van der Waals surface area contributed by atoms with Crippen LogP contribution in [0.25, 0.3) is 0 Å². The molecule has 0 spiro atoms. The number of hydrogen-bond donors (Lipinski definition) is 0. The number of carbonyl (C=O) groups excluding carboxylic acids is 1. The Hall–Kier alpha value is -1.25. The highest BCUT2D eigenvalue weighted by Gasteiger charge is 2.27. The van der Waals surface area contributed by atoms with Crippen LogP contribution in [-0.4, -0.2) is 42.5 Å². The lowest BCUT2D eigenvalue weighted by Gasteiger charge is -2.24. The van der Waals surface area contributed by atoms with Gasteiger partial charge in [0, 0.05) is 26.7 Å². The minimum absolute atomic E-state index is 0.172. The minimum atomic E-state index is 0.172. The van der Waals surface area contributed by atoms with Gasteiger partial charge in [0.15, 0.2) is 0 Å². The van der Waals surface area contributed by atoms with Crippen molar-refractivity contribution in [2.45, 2.75) is 19.8 Å². The van der Waals surface area contributed by atoms with Crippen molar-refractivity contribution in [3.8, 4) is 0 Å². The summed E-state index contributed by atoms with van der Waals surface area (Å²) in [5, 5.41) is 0. The topological polar surface area (TPSA) is 23.6 Å². The molecule has 0 aromatic carbocycles. The molecule has 0 radical (unpaired) electrons. The third-order valence-corrected chi connectivity index (χ3v) is 3.56. The van der Waals surface area contributed by atoms with Crippen molar-refractivity contribution in [2.75, 3.05) is 26.7 Å². The molecule has 1 unspecified atom stereocenters. The minimum Gasteiger partial charge on any atom is -0.326 e. The van der Waals surface area contributed by atoms with E-state index in [2.05, 4.69) is 25.2 Å². The summed E-state index contributed by atoms with van der Waals surface area (Å²) < 4.78 is 0. The summed E-state index contributed by atoms with van der Waals surface area (Å²) >= 11 is 0. The maximum atomic E-state index is 11.8. The number of hydrogen-bond acceptors (Lipinski definition) is 1. The van der Waals surface area contributed by atoms with Crippen LogP contribution in [0.2, 0.25) is 0 Å². The molecule has 2 rings (SSSR count). The lowest BCUT2D eigenvalue weighted by molar-refractivity contribution is 0.200. The summed E-state index contributed by atoms with van der Waals surface area (Å²) in [5.41, 5.74) is 1.41. The van der Waals surface area contributed by atoms with E-state index in [0.717, 1.165) is 32.5 Å². The van der Waals surface area contributed by atoms with Crippen LogP contribution in [0.3, 0.4) is 0 Å². The fourth-order valence-electron chi connectivity index (χ4n) is 2.40. The molecule has 3 nitrogen and oxygen atoms in total. The van der Waals surface area contributed by atoms with Crippen molar-refractivity contribution < 1.29 is 4.79 Å². The second-order valence-electron chi connectivity index (χ2n) is 4.64. The largest absolute Gasteiger partial charge is 0.326 e. The molecule has 0 N–H and O–H groups in total. The number of amides is 2. The Morgan fingerprint density at radius 2 is 2.25 bits per heavy atom. The molecule has 0 aromatic rings. The van der Waals surface area contributed by atoms with Gasteiger partial charge >= 0.3 is 6.03 Å². The lowest BCUT2D eigenvalue weighted by atomic mass is 9.89. The predicted molar refractivity (Wildman–Crippen MR) is 65.2 cm³/mol. The first-order valence-electron chi connectivity index (χ1n) is 6.08. The van der Waals surface area contributed by atoms with Gasteiger partial charge in [-0.05, 0) is 24.3 Å². The van der Waals surface area contributed by atoms with Crippen molar-refractivity contribution in [1.29, 1.82) is 0 Å². The van der Waals surface area contributed by atoms with Crippen LogP contribution in [0.5, 0.6) is 0 Å². The molecule has 1 aliphatic heterocycles. The van der Waals surface area contributed by atoms with Crippen LogP contribution in [0.1, 0.15) is 19.8 Å². The van der Waals surface area contributed by atoms with Crippen LogP contribution in [0.15, 0.2) is 23.8 Å². The molecule has 1 saturated heterocycles. The third-order valence-electron chi connectivity index (χ3n) is 3.56. The zero-order valence-corrected chi connectivity index (χ0v) is 10.1. The highest BCUT2D eigenvalue weighted by atomic mass is 16.2. The van der Waals surface area contributed by atoms with E-state index >= 15 is 0 Å². The Balaban J connectivity index is 2.01. The average Bonchev–Trinajstić information content (AvgIpc) is 2.62. The van der Waals surface area contributed by atoms with E-state index in [0.29, 0.717) is 5.92 Å². The van der Waals surface area contributed by atoms with Crippen molar-refractivity contribution in [3.05, 3.63) is 23.8 Å². The van der Waals surface area contributed by atoms with Gasteiger partial charge in [0.1, 0.15) is 0 Å². The molecule has 1 atom stereocenters. The molecule has 1 aliphatic carbocycles. The number of allylic oxidation sites excluding steroid dienone is 3. The van der Waals surface area contributed by atoms with Crippen molar-refractivity contribution in [1.82, 2.24) is 9.80 Å². The van der Waals surface area contributed by atoms with Crippen molar-refractivity contribution >= 4 is 6.03 Å². The van der Waals surface area contributed by atoms with Crippen molar-refractivity contribution in [2.24, 2.45) is 5.92 Å². The van der Waals surface area contributed by atoms with Gasteiger partial charge < -0.3 is 9.80 Å². The Bertz CT molecular complexity index is 333. The van der Waals surface area contributed by atoms with E-state index in [1.807, 2.05) is 11.9 Å². The molecular weight excluding hydrogens is 200 g/mol.